The lowest BCUT2D eigenvalue weighted by molar-refractivity contribution is 0.0152. The van der Waals surface area contributed by atoms with Crippen molar-refractivity contribution in [1.82, 2.24) is 19.7 Å². The molecule has 1 aromatic carbocycles. The number of fused-ring (bicyclic) bond motifs is 1. The summed E-state index contributed by atoms with van der Waals surface area (Å²) in [5.74, 6) is 0.759. The molecule has 0 aliphatic carbocycles. The van der Waals surface area contributed by atoms with E-state index in [0.717, 1.165) is 36.1 Å². The van der Waals surface area contributed by atoms with E-state index in [-0.39, 0.29) is 17.2 Å². The van der Waals surface area contributed by atoms with E-state index in [0.29, 0.717) is 13.2 Å². The number of benzene rings is 1. The topological polar surface area (TPSA) is 60.2 Å². The highest BCUT2D eigenvalue weighted by Gasteiger charge is 2.43. The van der Waals surface area contributed by atoms with Crippen LogP contribution in [0.25, 0.3) is 0 Å². The molecule has 0 radical (unpaired) electrons. The highest BCUT2D eigenvalue weighted by Crippen LogP contribution is 2.41. The minimum absolute atomic E-state index is 0.0150. The number of aromatic nitrogens is 3. The SMILES string of the molecule is CCc1nc2n(n1)C(=O)C(C(c1ccccc1)N1CCOCC1)S2. The molecule has 2 aromatic rings. The average Bonchev–Trinajstić information content (AvgIpc) is 3.17. The fourth-order valence-electron chi connectivity index (χ4n) is 3.27. The van der Waals surface area contributed by atoms with E-state index in [1.54, 1.807) is 0 Å². The average molecular weight is 344 g/mol. The van der Waals surface area contributed by atoms with Gasteiger partial charge in [-0.15, -0.1) is 5.10 Å². The molecular weight excluding hydrogens is 324 g/mol. The van der Waals surface area contributed by atoms with Crippen molar-refractivity contribution in [3.05, 3.63) is 41.7 Å². The fourth-order valence-corrected chi connectivity index (χ4v) is 4.55. The summed E-state index contributed by atoms with van der Waals surface area (Å²) < 4.78 is 6.98. The fraction of sp³-hybridized carbons (Fsp3) is 0.471. The maximum absolute atomic E-state index is 13.0. The zero-order chi connectivity index (χ0) is 16.5. The molecule has 6 nitrogen and oxygen atoms in total. The van der Waals surface area contributed by atoms with Crippen LogP contribution in [-0.2, 0) is 11.2 Å². The molecule has 3 heterocycles. The van der Waals surface area contributed by atoms with E-state index in [2.05, 4.69) is 27.1 Å². The Morgan fingerprint density at radius 2 is 2.04 bits per heavy atom. The zero-order valence-electron chi connectivity index (χ0n) is 13.6. The summed E-state index contributed by atoms with van der Waals surface area (Å²) >= 11 is 1.53. The molecule has 0 spiro atoms. The molecule has 0 amide bonds. The maximum Gasteiger partial charge on any atom is 0.264 e. The first-order chi connectivity index (χ1) is 11.8. The Morgan fingerprint density at radius 1 is 1.29 bits per heavy atom. The van der Waals surface area contributed by atoms with Crippen LogP contribution < -0.4 is 0 Å². The first kappa shape index (κ1) is 15.8. The van der Waals surface area contributed by atoms with Crippen molar-refractivity contribution in [2.75, 3.05) is 26.3 Å². The van der Waals surface area contributed by atoms with Crippen LogP contribution in [0.5, 0.6) is 0 Å². The van der Waals surface area contributed by atoms with Gasteiger partial charge < -0.3 is 4.74 Å². The molecule has 0 saturated carbocycles. The van der Waals surface area contributed by atoms with Gasteiger partial charge in [-0.1, -0.05) is 49.0 Å². The van der Waals surface area contributed by atoms with Gasteiger partial charge in [0.1, 0.15) is 5.25 Å². The molecule has 2 atom stereocenters. The molecule has 1 saturated heterocycles. The van der Waals surface area contributed by atoms with Gasteiger partial charge in [0.05, 0.1) is 19.3 Å². The quantitative estimate of drug-likeness (QED) is 0.846. The Morgan fingerprint density at radius 3 is 2.71 bits per heavy atom. The number of rotatable bonds is 4. The van der Waals surface area contributed by atoms with Gasteiger partial charge in [-0.3, -0.25) is 9.69 Å². The van der Waals surface area contributed by atoms with E-state index in [1.165, 1.54) is 16.4 Å². The second-order valence-corrected chi connectivity index (χ2v) is 7.07. The summed E-state index contributed by atoms with van der Waals surface area (Å²) in [4.78, 5) is 19.8. The van der Waals surface area contributed by atoms with Gasteiger partial charge in [0.2, 0.25) is 0 Å². The number of morpholine rings is 1. The largest absolute Gasteiger partial charge is 0.379 e. The summed E-state index contributed by atoms with van der Waals surface area (Å²) in [6.07, 6.45) is 0.740. The molecule has 0 N–H and O–H groups in total. The molecule has 2 aliphatic rings. The number of aryl methyl sites for hydroxylation is 1. The third kappa shape index (κ3) is 2.76. The zero-order valence-corrected chi connectivity index (χ0v) is 14.4. The van der Waals surface area contributed by atoms with E-state index in [4.69, 9.17) is 4.74 Å². The summed E-state index contributed by atoms with van der Waals surface area (Å²) in [6, 6.07) is 10.3. The van der Waals surface area contributed by atoms with E-state index in [9.17, 15) is 4.79 Å². The lowest BCUT2D eigenvalue weighted by atomic mass is 10.0. The third-order valence-electron chi connectivity index (χ3n) is 4.49. The van der Waals surface area contributed by atoms with Gasteiger partial charge in [0, 0.05) is 19.5 Å². The predicted molar refractivity (Wildman–Crippen MR) is 91.2 cm³/mol. The Labute approximate surface area is 145 Å². The number of carbonyl (C=O) groups excluding carboxylic acids is 1. The molecule has 7 heteroatoms. The number of ether oxygens (including phenoxy) is 1. The number of hydrogen-bond acceptors (Lipinski definition) is 6. The molecule has 0 bridgehead atoms. The Balaban J connectivity index is 1.66. The maximum atomic E-state index is 13.0. The smallest absolute Gasteiger partial charge is 0.264 e. The van der Waals surface area contributed by atoms with Crippen LogP contribution in [0.4, 0.5) is 0 Å². The lowest BCUT2D eigenvalue weighted by Gasteiger charge is -2.36. The Kier molecular flexibility index (Phi) is 4.39. The summed E-state index contributed by atoms with van der Waals surface area (Å²) in [6.45, 7) is 5.08. The van der Waals surface area contributed by atoms with Crippen molar-refractivity contribution in [3.8, 4) is 0 Å². The summed E-state index contributed by atoms with van der Waals surface area (Å²) in [5, 5.41) is 4.86. The van der Waals surface area contributed by atoms with Crippen molar-refractivity contribution in [1.29, 1.82) is 0 Å². The second-order valence-electron chi connectivity index (χ2n) is 5.96. The van der Waals surface area contributed by atoms with E-state index >= 15 is 0 Å². The van der Waals surface area contributed by atoms with Gasteiger partial charge in [0.25, 0.3) is 5.91 Å². The number of carbonyl (C=O) groups is 1. The third-order valence-corrected chi connectivity index (χ3v) is 5.68. The Hall–Kier alpha value is -1.70. The minimum Gasteiger partial charge on any atom is -0.379 e. The van der Waals surface area contributed by atoms with Crippen molar-refractivity contribution in [2.45, 2.75) is 29.8 Å². The van der Waals surface area contributed by atoms with E-state index < -0.39 is 0 Å². The Bertz CT molecular complexity index is 727. The number of nitrogens with zero attached hydrogens (tertiary/aromatic N) is 4. The molecule has 24 heavy (non-hydrogen) atoms. The van der Waals surface area contributed by atoms with Crippen molar-refractivity contribution >= 4 is 17.7 Å². The predicted octanol–water partition coefficient (Wildman–Crippen LogP) is 2.03. The van der Waals surface area contributed by atoms with Crippen LogP contribution >= 0.6 is 11.8 Å². The van der Waals surface area contributed by atoms with Gasteiger partial charge in [-0.2, -0.15) is 4.68 Å². The van der Waals surface area contributed by atoms with Crippen molar-refractivity contribution < 1.29 is 9.53 Å². The molecule has 1 aromatic heterocycles. The summed E-state index contributed by atoms with van der Waals surface area (Å²) in [5.41, 5.74) is 1.16. The van der Waals surface area contributed by atoms with Crippen molar-refractivity contribution in [3.63, 3.8) is 0 Å². The van der Waals surface area contributed by atoms with Crippen LogP contribution in [0.15, 0.2) is 35.5 Å². The molecule has 2 aliphatic heterocycles. The molecule has 4 rings (SSSR count). The van der Waals surface area contributed by atoms with Crippen molar-refractivity contribution in [2.24, 2.45) is 0 Å². The summed E-state index contributed by atoms with van der Waals surface area (Å²) in [7, 11) is 0. The number of thioether (sulfide) groups is 1. The molecule has 2 unspecified atom stereocenters. The van der Waals surface area contributed by atoms with Crippen LogP contribution in [0.1, 0.15) is 29.1 Å². The highest BCUT2D eigenvalue weighted by atomic mass is 32.2. The molecule has 126 valence electrons. The van der Waals surface area contributed by atoms with Gasteiger partial charge in [0.15, 0.2) is 11.0 Å². The van der Waals surface area contributed by atoms with E-state index in [1.807, 2.05) is 25.1 Å². The minimum atomic E-state index is -0.216. The molecular formula is C17H20N4O2S. The van der Waals surface area contributed by atoms with Gasteiger partial charge in [-0.25, -0.2) is 4.98 Å². The lowest BCUT2D eigenvalue weighted by Crippen LogP contribution is -2.44. The molecule has 1 fully saturated rings. The van der Waals surface area contributed by atoms with Crippen LogP contribution in [0.3, 0.4) is 0 Å². The number of hydrogen-bond donors (Lipinski definition) is 0. The standard InChI is InChI=1S/C17H20N4O2S/c1-2-13-18-17-21(19-13)16(22)15(24-17)14(12-6-4-3-5-7-12)20-8-10-23-11-9-20/h3-7,14-15H,2,8-11H2,1H3. The van der Waals surface area contributed by atoms with Crippen LogP contribution in [-0.4, -0.2) is 57.1 Å². The highest BCUT2D eigenvalue weighted by molar-refractivity contribution is 8.00. The van der Waals surface area contributed by atoms with Crippen LogP contribution in [0, 0.1) is 0 Å². The normalized spacial score (nSPS) is 22.5. The second kappa shape index (κ2) is 6.66. The van der Waals surface area contributed by atoms with Gasteiger partial charge in [-0.05, 0) is 5.56 Å². The first-order valence-corrected chi connectivity index (χ1v) is 9.19. The first-order valence-electron chi connectivity index (χ1n) is 8.31. The monoisotopic (exact) mass is 344 g/mol. The van der Waals surface area contributed by atoms with Crippen LogP contribution in [0.2, 0.25) is 0 Å². The van der Waals surface area contributed by atoms with Gasteiger partial charge >= 0.3 is 0 Å².